The number of hydrogen-bond donors (Lipinski definition) is 1. The monoisotopic (exact) mass is 331 g/mol. The Labute approximate surface area is 141 Å². The molecular formula is C18H22FN3O2. The highest BCUT2D eigenvalue weighted by Gasteiger charge is 2.38. The Bertz CT molecular complexity index is 671. The number of hydrogen-bond acceptors (Lipinski definition) is 4. The molecule has 6 heteroatoms. The number of morpholine rings is 1. The summed E-state index contributed by atoms with van der Waals surface area (Å²) in [6.45, 7) is 6.65. The number of nitrogens with zero attached hydrogens (tertiary/aromatic N) is 2. The second kappa shape index (κ2) is 6.88. The molecule has 2 aliphatic heterocycles. The van der Waals surface area contributed by atoms with Gasteiger partial charge in [-0.2, -0.15) is 5.26 Å². The summed E-state index contributed by atoms with van der Waals surface area (Å²) in [6, 6.07) is 5.91. The first-order chi connectivity index (χ1) is 11.5. The van der Waals surface area contributed by atoms with Gasteiger partial charge < -0.3 is 10.1 Å². The van der Waals surface area contributed by atoms with Crippen LogP contribution in [0.25, 0.3) is 0 Å². The maximum Gasteiger partial charge on any atom is 0.251 e. The van der Waals surface area contributed by atoms with Crippen LogP contribution >= 0.6 is 0 Å². The molecule has 1 amide bonds. The predicted molar refractivity (Wildman–Crippen MR) is 86.9 cm³/mol. The third-order valence-electron chi connectivity index (χ3n) is 4.81. The number of ether oxygens (including phenoxy) is 1. The minimum Gasteiger partial charge on any atom is -0.375 e. The van der Waals surface area contributed by atoms with Gasteiger partial charge in [-0.15, -0.1) is 0 Å². The van der Waals surface area contributed by atoms with Gasteiger partial charge in [0.15, 0.2) is 0 Å². The van der Waals surface area contributed by atoms with Crippen LogP contribution in [0.4, 0.5) is 4.39 Å². The van der Waals surface area contributed by atoms with Gasteiger partial charge in [0.05, 0.1) is 24.3 Å². The van der Waals surface area contributed by atoms with Crippen LogP contribution in [-0.4, -0.2) is 48.7 Å². The van der Waals surface area contributed by atoms with Crippen molar-refractivity contribution in [2.24, 2.45) is 5.92 Å². The van der Waals surface area contributed by atoms with E-state index in [2.05, 4.69) is 24.1 Å². The Morgan fingerprint density at radius 2 is 2.21 bits per heavy atom. The quantitative estimate of drug-likeness (QED) is 0.919. The third kappa shape index (κ3) is 3.58. The molecule has 24 heavy (non-hydrogen) atoms. The van der Waals surface area contributed by atoms with Crippen molar-refractivity contribution >= 4 is 5.91 Å². The van der Waals surface area contributed by atoms with Crippen LogP contribution in [0.2, 0.25) is 0 Å². The molecule has 2 saturated heterocycles. The zero-order valence-electron chi connectivity index (χ0n) is 14.0. The highest BCUT2D eigenvalue weighted by molar-refractivity contribution is 5.94. The first kappa shape index (κ1) is 16.9. The van der Waals surface area contributed by atoms with Crippen molar-refractivity contribution in [3.8, 4) is 6.07 Å². The molecule has 3 rings (SSSR count). The van der Waals surface area contributed by atoms with Crippen molar-refractivity contribution < 1.29 is 13.9 Å². The van der Waals surface area contributed by atoms with Gasteiger partial charge in [-0.05, 0) is 30.5 Å². The highest BCUT2D eigenvalue weighted by atomic mass is 19.1. The molecule has 0 unspecified atom stereocenters. The maximum absolute atomic E-state index is 13.5. The zero-order valence-corrected chi connectivity index (χ0v) is 14.0. The van der Waals surface area contributed by atoms with E-state index in [0.717, 1.165) is 31.6 Å². The fraction of sp³-hybridized carbons (Fsp3) is 0.556. The molecule has 5 nitrogen and oxygen atoms in total. The van der Waals surface area contributed by atoms with Gasteiger partial charge >= 0.3 is 0 Å². The van der Waals surface area contributed by atoms with Crippen molar-refractivity contribution in [1.29, 1.82) is 5.26 Å². The van der Waals surface area contributed by atoms with Crippen LogP contribution in [0.1, 0.15) is 36.2 Å². The predicted octanol–water partition coefficient (Wildman–Crippen LogP) is 1.92. The number of fused-ring (bicyclic) bond motifs is 1. The molecule has 0 spiro atoms. The van der Waals surface area contributed by atoms with Crippen molar-refractivity contribution in [3.63, 3.8) is 0 Å². The third-order valence-corrected chi connectivity index (χ3v) is 4.81. The maximum atomic E-state index is 13.5. The van der Waals surface area contributed by atoms with Crippen LogP contribution in [-0.2, 0) is 4.74 Å². The summed E-state index contributed by atoms with van der Waals surface area (Å²) in [6.07, 6.45) is 1.06. The van der Waals surface area contributed by atoms with E-state index in [9.17, 15) is 9.18 Å². The summed E-state index contributed by atoms with van der Waals surface area (Å²) in [7, 11) is 0. The lowest BCUT2D eigenvalue weighted by Crippen LogP contribution is -2.48. The molecule has 0 aliphatic carbocycles. The molecule has 0 saturated carbocycles. The average Bonchev–Trinajstić information content (AvgIpc) is 2.95. The molecule has 3 atom stereocenters. The SMILES string of the molecule is CC(C)[C@@H]1CN2C[C@@H](NC(=O)c3cc(F)cc(C#N)c3)C[C@H]2CO1. The number of nitrogens with one attached hydrogen (secondary N) is 1. The summed E-state index contributed by atoms with van der Waals surface area (Å²) >= 11 is 0. The zero-order chi connectivity index (χ0) is 17.3. The summed E-state index contributed by atoms with van der Waals surface area (Å²) in [5.41, 5.74) is 0.338. The average molecular weight is 331 g/mol. The summed E-state index contributed by atoms with van der Waals surface area (Å²) in [4.78, 5) is 14.7. The minimum absolute atomic E-state index is 0.0193. The van der Waals surface area contributed by atoms with E-state index in [0.29, 0.717) is 18.6 Å². The largest absolute Gasteiger partial charge is 0.375 e. The van der Waals surface area contributed by atoms with Gasteiger partial charge in [0, 0.05) is 30.7 Å². The smallest absolute Gasteiger partial charge is 0.251 e. The molecule has 1 aromatic carbocycles. The van der Waals surface area contributed by atoms with Crippen LogP contribution in [0, 0.1) is 23.1 Å². The molecule has 1 N–H and O–H groups in total. The molecule has 0 bridgehead atoms. The van der Waals surface area contributed by atoms with Crippen LogP contribution in [0.3, 0.4) is 0 Å². The Morgan fingerprint density at radius 3 is 2.92 bits per heavy atom. The minimum atomic E-state index is -0.573. The fourth-order valence-corrected chi connectivity index (χ4v) is 3.46. The van der Waals surface area contributed by atoms with Crippen molar-refractivity contribution in [1.82, 2.24) is 10.2 Å². The number of benzene rings is 1. The van der Waals surface area contributed by atoms with Crippen molar-refractivity contribution in [2.75, 3.05) is 19.7 Å². The summed E-state index contributed by atoms with van der Waals surface area (Å²) in [5, 5.41) is 11.9. The van der Waals surface area contributed by atoms with Gasteiger partial charge in [0.2, 0.25) is 0 Å². The Morgan fingerprint density at radius 1 is 1.42 bits per heavy atom. The standard InChI is InChI=1S/C18H22FN3O2/c1-11(2)17-9-22-8-15(6-16(22)10-24-17)21-18(23)13-3-12(7-20)4-14(19)5-13/h3-5,11,15-17H,6,8-10H2,1-2H3,(H,21,23)/t15-,16-,17-/m0/s1. The lowest BCUT2D eigenvalue weighted by molar-refractivity contribution is -0.0683. The molecule has 1 aromatic rings. The second-order valence-corrected chi connectivity index (χ2v) is 6.97. The molecule has 0 radical (unpaired) electrons. The number of amides is 1. The topological polar surface area (TPSA) is 65.4 Å². The number of carbonyl (C=O) groups is 1. The Balaban J connectivity index is 1.63. The van der Waals surface area contributed by atoms with Gasteiger partial charge in [0.25, 0.3) is 5.91 Å². The Hall–Kier alpha value is -1.97. The molecule has 2 aliphatic rings. The highest BCUT2D eigenvalue weighted by Crippen LogP contribution is 2.26. The number of halogens is 1. The first-order valence-electron chi connectivity index (χ1n) is 8.33. The second-order valence-electron chi connectivity index (χ2n) is 6.97. The number of carbonyl (C=O) groups excluding carboxylic acids is 1. The Kier molecular flexibility index (Phi) is 4.83. The van der Waals surface area contributed by atoms with Gasteiger partial charge in [0.1, 0.15) is 5.82 Å². The molecule has 0 aromatic heterocycles. The summed E-state index contributed by atoms with van der Waals surface area (Å²) in [5.74, 6) is -0.440. The molecule has 128 valence electrons. The van der Waals surface area contributed by atoms with E-state index in [1.165, 1.54) is 6.07 Å². The number of nitriles is 1. The van der Waals surface area contributed by atoms with Crippen LogP contribution in [0.15, 0.2) is 18.2 Å². The number of rotatable bonds is 3. The van der Waals surface area contributed by atoms with E-state index in [4.69, 9.17) is 10.00 Å². The van der Waals surface area contributed by atoms with E-state index in [-0.39, 0.29) is 29.2 Å². The molecule has 2 fully saturated rings. The van der Waals surface area contributed by atoms with Crippen molar-refractivity contribution in [3.05, 3.63) is 35.1 Å². The van der Waals surface area contributed by atoms with Gasteiger partial charge in [-0.1, -0.05) is 13.8 Å². The summed E-state index contributed by atoms with van der Waals surface area (Å²) < 4.78 is 19.4. The van der Waals surface area contributed by atoms with E-state index in [1.807, 2.05) is 6.07 Å². The van der Waals surface area contributed by atoms with E-state index in [1.54, 1.807) is 0 Å². The molecule has 2 heterocycles. The normalized spacial score (nSPS) is 26.9. The lowest BCUT2D eigenvalue weighted by atomic mass is 10.0. The van der Waals surface area contributed by atoms with E-state index < -0.39 is 5.82 Å². The van der Waals surface area contributed by atoms with Crippen LogP contribution < -0.4 is 5.32 Å². The van der Waals surface area contributed by atoms with Gasteiger partial charge in [-0.25, -0.2) is 4.39 Å². The molecular weight excluding hydrogens is 309 g/mol. The van der Waals surface area contributed by atoms with Crippen LogP contribution in [0.5, 0.6) is 0 Å². The van der Waals surface area contributed by atoms with Crippen molar-refractivity contribution in [2.45, 2.75) is 38.5 Å². The first-order valence-corrected chi connectivity index (χ1v) is 8.33. The van der Waals surface area contributed by atoms with E-state index >= 15 is 0 Å². The van der Waals surface area contributed by atoms with Gasteiger partial charge in [-0.3, -0.25) is 9.69 Å². The lowest BCUT2D eigenvalue weighted by Gasteiger charge is -2.36. The fourth-order valence-electron chi connectivity index (χ4n) is 3.46.